The molecule has 1 saturated heterocycles. The van der Waals surface area contributed by atoms with Gasteiger partial charge in [0.25, 0.3) is 0 Å². The van der Waals surface area contributed by atoms with Crippen LogP contribution < -0.4 is 9.47 Å². The van der Waals surface area contributed by atoms with E-state index in [0.717, 1.165) is 28.1 Å². The average molecular weight is 448 g/mol. The number of thiocarbonyl (C=S) groups is 1. The molecule has 1 aliphatic rings. The molecule has 0 radical (unpaired) electrons. The van der Waals surface area contributed by atoms with Gasteiger partial charge in [0.15, 0.2) is 11.5 Å². The Bertz CT molecular complexity index is 817. The lowest BCUT2D eigenvalue weighted by molar-refractivity contribution is 0.0728. The molecule has 1 fully saturated rings. The number of benzene rings is 2. The molecule has 6 heteroatoms. The number of halogens is 1. The largest absolute Gasteiger partial charge is 0.490 e. The number of rotatable bonds is 5. The fraction of sp³-hybridized carbons (Fsp3) is 0.333. The monoisotopic (exact) mass is 447 g/mol. The van der Waals surface area contributed by atoms with Crippen molar-refractivity contribution in [2.75, 3.05) is 19.7 Å². The molecule has 0 unspecified atom stereocenters. The van der Waals surface area contributed by atoms with Gasteiger partial charge < -0.3 is 14.4 Å². The van der Waals surface area contributed by atoms with Crippen LogP contribution in [0.2, 0.25) is 0 Å². The SMILES string of the molecule is CCOc1cc(C(=S)N2CCCCC2)ccc1OC(=O)c1ccc(Br)cc1. The van der Waals surface area contributed by atoms with Gasteiger partial charge in [0.1, 0.15) is 4.99 Å². The second-order valence-corrected chi connectivity index (χ2v) is 7.65. The molecule has 0 spiro atoms. The smallest absolute Gasteiger partial charge is 0.343 e. The van der Waals surface area contributed by atoms with E-state index in [1.54, 1.807) is 30.3 Å². The van der Waals surface area contributed by atoms with Gasteiger partial charge in [-0.15, -0.1) is 0 Å². The Morgan fingerprint density at radius 1 is 1.04 bits per heavy atom. The van der Waals surface area contributed by atoms with E-state index in [1.165, 1.54) is 19.3 Å². The number of ether oxygens (including phenoxy) is 2. The number of carbonyl (C=O) groups is 1. The van der Waals surface area contributed by atoms with Gasteiger partial charge in [-0.3, -0.25) is 0 Å². The zero-order valence-corrected chi connectivity index (χ0v) is 17.6. The van der Waals surface area contributed by atoms with Crippen molar-refractivity contribution in [1.29, 1.82) is 0 Å². The lowest BCUT2D eigenvalue weighted by Gasteiger charge is -2.29. The van der Waals surface area contributed by atoms with Crippen molar-refractivity contribution in [1.82, 2.24) is 4.90 Å². The van der Waals surface area contributed by atoms with Crippen molar-refractivity contribution < 1.29 is 14.3 Å². The van der Waals surface area contributed by atoms with Crippen LogP contribution in [0.25, 0.3) is 0 Å². The van der Waals surface area contributed by atoms with Crippen LogP contribution in [0, 0.1) is 0 Å². The minimum absolute atomic E-state index is 0.398. The Morgan fingerprint density at radius 3 is 2.37 bits per heavy atom. The number of piperidine rings is 1. The van der Waals surface area contributed by atoms with E-state index in [1.807, 2.05) is 19.1 Å². The van der Waals surface area contributed by atoms with E-state index >= 15 is 0 Å². The van der Waals surface area contributed by atoms with E-state index in [9.17, 15) is 4.79 Å². The third kappa shape index (κ3) is 5.08. The normalized spacial score (nSPS) is 13.9. The highest BCUT2D eigenvalue weighted by molar-refractivity contribution is 9.10. The van der Waals surface area contributed by atoms with Crippen LogP contribution in [0.4, 0.5) is 0 Å². The van der Waals surface area contributed by atoms with Crippen LogP contribution in [0.15, 0.2) is 46.9 Å². The first-order valence-electron chi connectivity index (χ1n) is 9.12. The lowest BCUT2D eigenvalue weighted by atomic mass is 10.1. The summed E-state index contributed by atoms with van der Waals surface area (Å²) >= 11 is 9.02. The quantitative estimate of drug-likeness (QED) is 0.356. The van der Waals surface area contributed by atoms with Crippen LogP contribution in [0.5, 0.6) is 11.5 Å². The molecular formula is C21H22BrNO3S. The van der Waals surface area contributed by atoms with E-state index in [4.69, 9.17) is 21.7 Å². The number of likely N-dealkylation sites (tertiary alicyclic amines) is 1. The molecule has 0 atom stereocenters. The Morgan fingerprint density at radius 2 is 1.70 bits per heavy atom. The zero-order valence-electron chi connectivity index (χ0n) is 15.2. The summed E-state index contributed by atoms with van der Waals surface area (Å²) < 4.78 is 12.2. The van der Waals surface area contributed by atoms with Crippen LogP contribution in [-0.2, 0) is 0 Å². The molecule has 0 amide bonds. The third-order valence-electron chi connectivity index (χ3n) is 4.42. The van der Waals surface area contributed by atoms with Crippen LogP contribution in [-0.4, -0.2) is 35.6 Å². The fourth-order valence-corrected chi connectivity index (χ4v) is 3.59. The van der Waals surface area contributed by atoms with Crippen molar-refractivity contribution in [3.05, 3.63) is 58.1 Å². The number of hydrogen-bond acceptors (Lipinski definition) is 4. The zero-order chi connectivity index (χ0) is 19.2. The number of hydrogen-bond donors (Lipinski definition) is 0. The molecular weight excluding hydrogens is 426 g/mol. The number of nitrogens with zero attached hydrogens (tertiary/aromatic N) is 1. The minimum atomic E-state index is -0.421. The maximum absolute atomic E-state index is 12.4. The standard InChI is InChI=1S/C21H22BrNO3S/c1-2-25-19-14-16(20(27)23-12-4-3-5-13-23)8-11-18(19)26-21(24)15-6-9-17(22)10-7-15/h6-11,14H,2-5,12-13H2,1H3. The van der Waals surface area contributed by atoms with Crippen molar-refractivity contribution >= 4 is 39.1 Å². The van der Waals surface area contributed by atoms with Gasteiger partial charge >= 0.3 is 5.97 Å². The Labute approximate surface area is 173 Å². The number of esters is 1. The molecule has 1 heterocycles. The van der Waals surface area contributed by atoms with Gasteiger partial charge in [-0.05, 0) is 68.7 Å². The van der Waals surface area contributed by atoms with Crippen molar-refractivity contribution in [2.24, 2.45) is 0 Å². The topological polar surface area (TPSA) is 38.8 Å². The summed E-state index contributed by atoms with van der Waals surface area (Å²) in [7, 11) is 0. The van der Waals surface area contributed by atoms with Gasteiger partial charge in [0.2, 0.25) is 0 Å². The molecule has 0 aromatic heterocycles. The van der Waals surface area contributed by atoms with Crippen LogP contribution in [0.3, 0.4) is 0 Å². The summed E-state index contributed by atoms with van der Waals surface area (Å²) in [4.78, 5) is 15.5. The maximum atomic E-state index is 12.4. The Balaban J connectivity index is 1.79. The molecule has 4 nitrogen and oxygen atoms in total. The molecule has 142 valence electrons. The van der Waals surface area contributed by atoms with E-state index < -0.39 is 5.97 Å². The summed E-state index contributed by atoms with van der Waals surface area (Å²) in [5.41, 5.74) is 1.40. The van der Waals surface area contributed by atoms with E-state index in [2.05, 4.69) is 20.8 Å². The van der Waals surface area contributed by atoms with Gasteiger partial charge in [-0.1, -0.05) is 28.1 Å². The molecule has 2 aromatic rings. The average Bonchev–Trinajstić information content (AvgIpc) is 2.70. The molecule has 0 bridgehead atoms. The fourth-order valence-electron chi connectivity index (χ4n) is 3.02. The molecule has 2 aromatic carbocycles. The second kappa shape index (κ2) is 9.33. The van der Waals surface area contributed by atoms with Gasteiger partial charge in [-0.25, -0.2) is 4.79 Å². The molecule has 27 heavy (non-hydrogen) atoms. The van der Waals surface area contributed by atoms with Crippen molar-refractivity contribution in [3.63, 3.8) is 0 Å². The van der Waals surface area contributed by atoms with Crippen molar-refractivity contribution in [2.45, 2.75) is 26.2 Å². The third-order valence-corrected chi connectivity index (χ3v) is 5.44. The minimum Gasteiger partial charge on any atom is -0.490 e. The highest BCUT2D eigenvalue weighted by Gasteiger charge is 2.18. The first-order valence-corrected chi connectivity index (χ1v) is 10.3. The predicted octanol–water partition coefficient (Wildman–Crippen LogP) is 5.23. The van der Waals surface area contributed by atoms with E-state index in [0.29, 0.717) is 23.7 Å². The molecule has 0 N–H and O–H groups in total. The first kappa shape index (κ1) is 19.8. The van der Waals surface area contributed by atoms with E-state index in [-0.39, 0.29) is 0 Å². The molecule has 3 rings (SSSR count). The maximum Gasteiger partial charge on any atom is 0.343 e. The summed E-state index contributed by atoms with van der Waals surface area (Å²) in [6, 6.07) is 12.6. The molecule has 1 aliphatic heterocycles. The Hall–Kier alpha value is -1.92. The molecule has 0 saturated carbocycles. The second-order valence-electron chi connectivity index (χ2n) is 6.34. The van der Waals surface area contributed by atoms with Crippen LogP contribution in [0.1, 0.15) is 42.1 Å². The summed E-state index contributed by atoms with van der Waals surface area (Å²) in [6.07, 6.45) is 3.59. The Kier molecular flexibility index (Phi) is 6.85. The summed E-state index contributed by atoms with van der Waals surface area (Å²) in [6.45, 7) is 4.35. The molecule has 0 aliphatic carbocycles. The van der Waals surface area contributed by atoms with Gasteiger partial charge in [0, 0.05) is 23.1 Å². The first-order chi connectivity index (χ1) is 13.1. The highest BCUT2D eigenvalue weighted by atomic mass is 79.9. The van der Waals surface area contributed by atoms with Gasteiger partial charge in [0.05, 0.1) is 12.2 Å². The predicted molar refractivity (Wildman–Crippen MR) is 114 cm³/mol. The summed E-state index contributed by atoms with van der Waals surface area (Å²) in [5.74, 6) is 0.504. The van der Waals surface area contributed by atoms with Crippen molar-refractivity contribution in [3.8, 4) is 11.5 Å². The highest BCUT2D eigenvalue weighted by Crippen LogP contribution is 2.30. The van der Waals surface area contributed by atoms with Crippen LogP contribution >= 0.6 is 28.1 Å². The lowest BCUT2D eigenvalue weighted by Crippen LogP contribution is -2.34. The number of carbonyl (C=O) groups excluding carboxylic acids is 1. The summed E-state index contributed by atoms with van der Waals surface area (Å²) in [5, 5.41) is 0. The van der Waals surface area contributed by atoms with Gasteiger partial charge in [-0.2, -0.15) is 0 Å².